The van der Waals surface area contributed by atoms with Gasteiger partial charge in [0.15, 0.2) is 0 Å². The van der Waals surface area contributed by atoms with Gasteiger partial charge in [0.1, 0.15) is 0 Å². The lowest BCUT2D eigenvalue weighted by molar-refractivity contribution is 0.183. The summed E-state index contributed by atoms with van der Waals surface area (Å²) in [5, 5.41) is 13.1. The molecule has 2 N–H and O–H groups in total. The molecule has 0 aromatic heterocycles. The van der Waals surface area contributed by atoms with Crippen molar-refractivity contribution in [1.29, 1.82) is 0 Å². The van der Waals surface area contributed by atoms with Crippen molar-refractivity contribution < 1.29 is 5.11 Å². The van der Waals surface area contributed by atoms with Gasteiger partial charge < -0.3 is 10.4 Å². The van der Waals surface area contributed by atoms with E-state index in [2.05, 4.69) is 21.2 Å². The van der Waals surface area contributed by atoms with E-state index in [1.807, 2.05) is 25.1 Å². The van der Waals surface area contributed by atoms with Crippen molar-refractivity contribution >= 4 is 33.2 Å². The zero-order valence-corrected chi connectivity index (χ0v) is 10.3. The maximum absolute atomic E-state index is 9.35. The molecule has 78 valence electrons. The fourth-order valence-corrected chi connectivity index (χ4v) is 1.90. The highest BCUT2D eigenvalue weighted by Crippen LogP contribution is 2.22. The second-order valence-corrected chi connectivity index (χ2v) is 4.45. The lowest BCUT2D eigenvalue weighted by Gasteiger charge is -2.11. The smallest absolute Gasteiger partial charge is 0.0709 e. The van der Waals surface area contributed by atoms with Crippen LogP contribution in [0.25, 0.3) is 0 Å². The van der Waals surface area contributed by atoms with Gasteiger partial charge in [0.25, 0.3) is 0 Å². The fourth-order valence-electron chi connectivity index (χ4n) is 1.04. The molecule has 14 heavy (non-hydrogen) atoms. The van der Waals surface area contributed by atoms with Gasteiger partial charge in [0, 0.05) is 21.7 Å². The van der Waals surface area contributed by atoms with Crippen LogP contribution in [0.1, 0.15) is 13.3 Å². The maximum atomic E-state index is 9.35. The first-order valence-corrected chi connectivity index (χ1v) is 5.67. The van der Waals surface area contributed by atoms with Crippen LogP contribution in [0.5, 0.6) is 0 Å². The number of anilines is 1. The van der Waals surface area contributed by atoms with E-state index in [-0.39, 0.29) is 6.10 Å². The average Bonchev–Trinajstić information content (AvgIpc) is 2.12. The summed E-state index contributed by atoms with van der Waals surface area (Å²) in [7, 11) is 0. The Morgan fingerprint density at radius 3 is 2.79 bits per heavy atom. The first-order valence-electron chi connectivity index (χ1n) is 4.50. The number of nitrogens with one attached hydrogen (secondary N) is 1. The molecule has 2 nitrogen and oxygen atoms in total. The van der Waals surface area contributed by atoms with Crippen LogP contribution in [0.3, 0.4) is 0 Å². The van der Waals surface area contributed by atoms with Gasteiger partial charge in [-0.1, -0.05) is 34.5 Å². The molecule has 0 heterocycles. The van der Waals surface area contributed by atoms with Crippen LogP contribution in [0.4, 0.5) is 5.69 Å². The lowest BCUT2D eigenvalue weighted by Crippen LogP contribution is -2.18. The summed E-state index contributed by atoms with van der Waals surface area (Å²) in [6.45, 7) is 2.49. The van der Waals surface area contributed by atoms with Crippen molar-refractivity contribution in [3.63, 3.8) is 0 Å². The molecule has 0 unspecified atom stereocenters. The summed E-state index contributed by atoms with van der Waals surface area (Å²) in [6.07, 6.45) is 0.433. The highest BCUT2D eigenvalue weighted by Gasteiger charge is 2.01. The van der Waals surface area contributed by atoms with Gasteiger partial charge in [-0.2, -0.15) is 0 Å². The van der Waals surface area contributed by atoms with Crippen molar-refractivity contribution in [3.8, 4) is 0 Å². The molecule has 0 saturated carbocycles. The van der Waals surface area contributed by atoms with E-state index in [0.717, 1.165) is 16.6 Å². The first-order chi connectivity index (χ1) is 6.61. The largest absolute Gasteiger partial charge is 0.391 e. The molecule has 0 radical (unpaired) electrons. The molecule has 1 aromatic carbocycles. The van der Waals surface area contributed by atoms with Gasteiger partial charge in [-0.25, -0.2) is 0 Å². The Morgan fingerprint density at radius 1 is 1.50 bits per heavy atom. The molecule has 1 rings (SSSR count). The van der Waals surface area contributed by atoms with Crippen LogP contribution in [0, 0.1) is 0 Å². The zero-order chi connectivity index (χ0) is 10.6. The predicted octanol–water partition coefficient (Wildman–Crippen LogP) is 3.29. The van der Waals surface area contributed by atoms with E-state index in [1.165, 1.54) is 0 Å². The van der Waals surface area contributed by atoms with Crippen LogP contribution in [0.15, 0.2) is 22.7 Å². The number of aliphatic hydroxyl groups is 1. The third-order valence-electron chi connectivity index (χ3n) is 1.88. The average molecular weight is 279 g/mol. The minimum Gasteiger partial charge on any atom is -0.391 e. The highest BCUT2D eigenvalue weighted by atomic mass is 79.9. The molecule has 0 amide bonds. The molecule has 1 atom stereocenters. The minimum atomic E-state index is -0.312. The summed E-state index contributed by atoms with van der Waals surface area (Å²) in [5.41, 5.74) is 0.914. The molecule has 0 aliphatic rings. The van der Waals surface area contributed by atoms with Gasteiger partial charge in [-0.15, -0.1) is 0 Å². The van der Waals surface area contributed by atoms with Crippen molar-refractivity contribution in [2.75, 3.05) is 11.9 Å². The van der Waals surface area contributed by atoms with Crippen molar-refractivity contribution in [3.05, 3.63) is 27.7 Å². The van der Waals surface area contributed by atoms with Crippen molar-refractivity contribution in [2.45, 2.75) is 19.4 Å². The standard InChI is InChI=1S/C10H13BrClNO/c1-2-10(14)6-13-9-4-7(11)3-8(12)5-9/h3-5,10,13-14H,2,6H2,1H3/t10-/m1/s1. The lowest BCUT2D eigenvalue weighted by atomic mass is 10.2. The Hall–Kier alpha value is -0.250. The molecule has 0 saturated heterocycles. The predicted molar refractivity (Wildman–Crippen MR) is 63.9 cm³/mol. The topological polar surface area (TPSA) is 32.3 Å². The number of halogens is 2. The molecule has 0 fully saturated rings. The van der Waals surface area contributed by atoms with E-state index >= 15 is 0 Å². The van der Waals surface area contributed by atoms with E-state index in [4.69, 9.17) is 11.6 Å². The normalized spacial score (nSPS) is 12.6. The first kappa shape index (κ1) is 11.8. The number of benzene rings is 1. The zero-order valence-electron chi connectivity index (χ0n) is 7.93. The Balaban J connectivity index is 2.58. The van der Waals surface area contributed by atoms with Crippen LogP contribution >= 0.6 is 27.5 Å². The monoisotopic (exact) mass is 277 g/mol. The summed E-state index contributed by atoms with van der Waals surface area (Å²) in [4.78, 5) is 0. The van der Waals surface area contributed by atoms with Gasteiger partial charge in [-0.05, 0) is 24.6 Å². The minimum absolute atomic E-state index is 0.312. The highest BCUT2D eigenvalue weighted by molar-refractivity contribution is 9.10. The summed E-state index contributed by atoms with van der Waals surface area (Å²) >= 11 is 9.22. The Kier molecular flexibility index (Phi) is 4.72. The molecule has 4 heteroatoms. The van der Waals surface area contributed by atoms with Gasteiger partial charge >= 0.3 is 0 Å². The van der Waals surface area contributed by atoms with Crippen molar-refractivity contribution in [2.24, 2.45) is 0 Å². The molecular weight excluding hydrogens is 265 g/mol. The summed E-state index contributed by atoms with van der Waals surface area (Å²) < 4.78 is 0.929. The molecular formula is C10H13BrClNO. The second-order valence-electron chi connectivity index (χ2n) is 3.10. The summed E-state index contributed by atoms with van der Waals surface area (Å²) in [5.74, 6) is 0. The molecule has 0 aliphatic carbocycles. The van der Waals surface area contributed by atoms with Crippen molar-refractivity contribution in [1.82, 2.24) is 0 Å². The molecule has 0 spiro atoms. The Morgan fingerprint density at radius 2 is 2.21 bits per heavy atom. The van der Waals surface area contributed by atoms with Gasteiger partial charge in [0.2, 0.25) is 0 Å². The van der Waals surface area contributed by atoms with Crippen LogP contribution < -0.4 is 5.32 Å². The molecule has 1 aromatic rings. The maximum Gasteiger partial charge on any atom is 0.0709 e. The number of hydrogen-bond donors (Lipinski definition) is 2. The number of rotatable bonds is 4. The Bertz CT molecular complexity index is 286. The van der Waals surface area contributed by atoms with Gasteiger partial charge in [0.05, 0.1) is 6.10 Å². The van der Waals surface area contributed by atoms with E-state index in [0.29, 0.717) is 11.6 Å². The third-order valence-corrected chi connectivity index (χ3v) is 2.55. The van der Waals surface area contributed by atoms with Crippen LogP contribution in [0.2, 0.25) is 5.02 Å². The van der Waals surface area contributed by atoms with E-state index in [9.17, 15) is 5.11 Å². The fraction of sp³-hybridized carbons (Fsp3) is 0.400. The van der Waals surface area contributed by atoms with Crippen LogP contribution in [-0.2, 0) is 0 Å². The SMILES string of the molecule is CC[C@@H](O)CNc1cc(Cl)cc(Br)c1. The third kappa shape index (κ3) is 3.86. The molecule has 0 aliphatic heterocycles. The number of aliphatic hydroxyl groups excluding tert-OH is 1. The van der Waals surface area contributed by atoms with Crippen LogP contribution in [-0.4, -0.2) is 17.8 Å². The Labute approximate surface area is 97.4 Å². The quantitative estimate of drug-likeness (QED) is 0.886. The van der Waals surface area contributed by atoms with E-state index in [1.54, 1.807) is 0 Å². The van der Waals surface area contributed by atoms with E-state index < -0.39 is 0 Å². The number of hydrogen-bond acceptors (Lipinski definition) is 2. The molecule has 0 bridgehead atoms. The van der Waals surface area contributed by atoms with Gasteiger partial charge in [-0.3, -0.25) is 0 Å². The summed E-state index contributed by atoms with van der Waals surface area (Å²) in [6, 6.07) is 5.58. The second kappa shape index (κ2) is 5.59.